The summed E-state index contributed by atoms with van der Waals surface area (Å²) in [5.74, 6) is 1.79. The molecule has 4 heteroatoms. The smallest absolute Gasteiger partial charge is 0.253 e. The number of nitrogens with one attached hydrogen (secondary N) is 1. The molecule has 1 aliphatic heterocycles. The monoisotopic (exact) mass is 306 g/mol. The zero-order chi connectivity index (χ0) is 13.5. The number of nitrogens with zero attached hydrogens (tertiary/aromatic N) is 1. The van der Waals surface area contributed by atoms with E-state index in [-0.39, 0.29) is 18.3 Å². The van der Waals surface area contributed by atoms with Gasteiger partial charge in [-0.3, -0.25) is 4.79 Å². The van der Waals surface area contributed by atoms with Crippen molar-refractivity contribution in [1.29, 1.82) is 0 Å². The van der Waals surface area contributed by atoms with Gasteiger partial charge in [-0.2, -0.15) is 0 Å². The molecule has 1 aromatic rings. The van der Waals surface area contributed by atoms with E-state index in [1.807, 2.05) is 6.07 Å². The fourth-order valence-corrected chi connectivity index (χ4v) is 3.09. The van der Waals surface area contributed by atoms with Gasteiger partial charge in [0.05, 0.1) is 0 Å². The van der Waals surface area contributed by atoms with Crippen molar-refractivity contribution >= 4 is 24.0 Å². The molecule has 0 radical (unpaired) electrons. The largest absolute Gasteiger partial charge is 0.384 e. The molecule has 1 amide bonds. The molecule has 0 spiro atoms. The van der Waals surface area contributed by atoms with Crippen LogP contribution in [0.15, 0.2) is 18.2 Å². The Kier molecular flexibility index (Phi) is 4.12. The van der Waals surface area contributed by atoms with Crippen molar-refractivity contribution < 1.29 is 4.79 Å². The van der Waals surface area contributed by atoms with E-state index in [0.29, 0.717) is 0 Å². The Morgan fingerprint density at radius 3 is 2.43 bits per heavy atom. The van der Waals surface area contributed by atoms with Crippen LogP contribution in [0.2, 0.25) is 0 Å². The summed E-state index contributed by atoms with van der Waals surface area (Å²) < 4.78 is 0. The van der Waals surface area contributed by atoms with Crippen LogP contribution in [0.25, 0.3) is 0 Å². The summed E-state index contributed by atoms with van der Waals surface area (Å²) in [6.45, 7) is 2.95. The zero-order valence-electron chi connectivity index (χ0n) is 12.3. The molecule has 0 bridgehead atoms. The second kappa shape index (κ2) is 5.88. The molecule has 2 aliphatic carbocycles. The standard InChI is InChI=1S/C17H22N2O.ClH/c20-17(15-5-6-16-14(9-15)7-8-18-16)19(10-12-1-2-12)11-13-3-4-13;/h5-6,9,12-13,18H,1-4,7-8,10-11H2;1H. The highest BCUT2D eigenvalue weighted by Crippen LogP contribution is 2.34. The summed E-state index contributed by atoms with van der Waals surface area (Å²) in [7, 11) is 0. The molecule has 0 atom stereocenters. The van der Waals surface area contributed by atoms with Crippen molar-refractivity contribution in [3.05, 3.63) is 29.3 Å². The Morgan fingerprint density at radius 1 is 1.14 bits per heavy atom. The highest BCUT2D eigenvalue weighted by Gasteiger charge is 2.32. The molecule has 1 heterocycles. The molecule has 0 unspecified atom stereocenters. The lowest BCUT2D eigenvalue weighted by atomic mass is 10.1. The SMILES string of the molecule is Cl.O=C(c1ccc2c(c1)CCN2)N(CC1CC1)CC1CC1. The number of carbonyl (C=O) groups excluding carboxylic acids is 1. The first-order valence-corrected chi connectivity index (χ1v) is 7.95. The molecule has 2 saturated carbocycles. The number of hydrogen-bond donors (Lipinski definition) is 1. The van der Waals surface area contributed by atoms with Crippen LogP contribution in [0.3, 0.4) is 0 Å². The number of fused-ring (bicyclic) bond motifs is 1. The quantitative estimate of drug-likeness (QED) is 0.905. The third-order valence-electron chi connectivity index (χ3n) is 4.70. The van der Waals surface area contributed by atoms with Crippen LogP contribution in [0.1, 0.15) is 41.6 Å². The van der Waals surface area contributed by atoms with Gasteiger partial charge in [0, 0.05) is 30.9 Å². The molecular weight excluding hydrogens is 284 g/mol. The first kappa shape index (κ1) is 14.7. The summed E-state index contributed by atoms with van der Waals surface area (Å²) in [5, 5.41) is 3.35. The Morgan fingerprint density at radius 2 is 1.81 bits per heavy atom. The number of amides is 1. The van der Waals surface area contributed by atoms with Crippen LogP contribution in [0.4, 0.5) is 5.69 Å². The average Bonchev–Trinajstić information content (AvgIpc) is 3.38. The van der Waals surface area contributed by atoms with Crippen LogP contribution in [-0.2, 0) is 6.42 Å². The van der Waals surface area contributed by atoms with E-state index in [1.165, 1.54) is 36.9 Å². The van der Waals surface area contributed by atoms with Gasteiger partial charge in [-0.05, 0) is 67.7 Å². The van der Waals surface area contributed by atoms with Gasteiger partial charge in [-0.25, -0.2) is 0 Å². The Bertz CT molecular complexity index is 524. The molecule has 1 aromatic carbocycles. The number of rotatable bonds is 5. The van der Waals surface area contributed by atoms with E-state index < -0.39 is 0 Å². The molecule has 4 rings (SSSR count). The second-order valence-electron chi connectivity index (χ2n) is 6.65. The molecule has 3 nitrogen and oxygen atoms in total. The lowest BCUT2D eigenvalue weighted by molar-refractivity contribution is 0.0739. The van der Waals surface area contributed by atoms with Gasteiger partial charge in [-0.15, -0.1) is 12.4 Å². The molecule has 3 aliphatic rings. The van der Waals surface area contributed by atoms with Gasteiger partial charge in [0.25, 0.3) is 5.91 Å². The van der Waals surface area contributed by atoms with Crippen LogP contribution >= 0.6 is 12.4 Å². The fraction of sp³-hybridized carbons (Fsp3) is 0.588. The third-order valence-corrected chi connectivity index (χ3v) is 4.70. The minimum atomic E-state index is 0. The van der Waals surface area contributed by atoms with Gasteiger partial charge in [0.1, 0.15) is 0 Å². The maximum Gasteiger partial charge on any atom is 0.253 e. The number of hydrogen-bond acceptors (Lipinski definition) is 2. The van der Waals surface area contributed by atoms with Gasteiger partial charge in [-0.1, -0.05) is 0 Å². The van der Waals surface area contributed by atoms with Crippen LogP contribution < -0.4 is 5.32 Å². The minimum absolute atomic E-state index is 0. The molecule has 114 valence electrons. The summed E-state index contributed by atoms with van der Waals surface area (Å²) >= 11 is 0. The minimum Gasteiger partial charge on any atom is -0.384 e. The molecular formula is C17H23ClN2O. The van der Waals surface area contributed by atoms with Crippen molar-refractivity contribution in [2.45, 2.75) is 32.1 Å². The van der Waals surface area contributed by atoms with Crippen molar-refractivity contribution in [2.75, 3.05) is 25.0 Å². The average molecular weight is 307 g/mol. The van der Waals surface area contributed by atoms with E-state index in [9.17, 15) is 4.79 Å². The van der Waals surface area contributed by atoms with Gasteiger partial charge in [0.15, 0.2) is 0 Å². The van der Waals surface area contributed by atoms with E-state index in [0.717, 1.165) is 43.5 Å². The highest BCUT2D eigenvalue weighted by atomic mass is 35.5. The van der Waals surface area contributed by atoms with Crippen molar-refractivity contribution in [1.82, 2.24) is 4.90 Å². The lowest BCUT2D eigenvalue weighted by Gasteiger charge is -2.23. The van der Waals surface area contributed by atoms with Crippen molar-refractivity contribution in [2.24, 2.45) is 11.8 Å². The number of benzene rings is 1. The van der Waals surface area contributed by atoms with Crippen LogP contribution in [0, 0.1) is 11.8 Å². The summed E-state index contributed by atoms with van der Waals surface area (Å²) in [6, 6.07) is 6.17. The van der Waals surface area contributed by atoms with Crippen molar-refractivity contribution in [3.8, 4) is 0 Å². The van der Waals surface area contributed by atoms with Crippen LogP contribution in [-0.4, -0.2) is 30.4 Å². The predicted molar refractivity (Wildman–Crippen MR) is 87.2 cm³/mol. The molecule has 0 aromatic heterocycles. The first-order chi connectivity index (χ1) is 9.79. The normalized spacial score (nSPS) is 19.4. The second-order valence-corrected chi connectivity index (χ2v) is 6.65. The summed E-state index contributed by atoms with van der Waals surface area (Å²) in [4.78, 5) is 14.9. The van der Waals surface area contributed by atoms with E-state index in [2.05, 4.69) is 22.3 Å². The molecule has 2 fully saturated rings. The van der Waals surface area contributed by atoms with Gasteiger partial charge >= 0.3 is 0 Å². The fourth-order valence-electron chi connectivity index (χ4n) is 3.09. The first-order valence-electron chi connectivity index (χ1n) is 7.95. The zero-order valence-corrected chi connectivity index (χ0v) is 13.1. The summed E-state index contributed by atoms with van der Waals surface area (Å²) in [6.07, 6.45) is 6.28. The topological polar surface area (TPSA) is 32.3 Å². The number of anilines is 1. The third kappa shape index (κ3) is 3.34. The molecule has 21 heavy (non-hydrogen) atoms. The highest BCUT2D eigenvalue weighted by molar-refractivity contribution is 5.95. The van der Waals surface area contributed by atoms with E-state index in [4.69, 9.17) is 0 Å². The molecule has 0 saturated heterocycles. The Hall–Kier alpha value is -1.22. The lowest BCUT2D eigenvalue weighted by Crippen LogP contribution is -2.34. The number of carbonyl (C=O) groups is 1. The molecule has 1 N–H and O–H groups in total. The van der Waals surface area contributed by atoms with E-state index in [1.54, 1.807) is 0 Å². The van der Waals surface area contributed by atoms with E-state index >= 15 is 0 Å². The van der Waals surface area contributed by atoms with Crippen LogP contribution in [0.5, 0.6) is 0 Å². The van der Waals surface area contributed by atoms with Gasteiger partial charge < -0.3 is 10.2 Å². The van der Waals surface area contributed by atoms with Gasteiger partial charge in [0.2, 0.25) is 0 Å². The summed E-state index contributed by atoms with van der Waals surface area (Å²) in [5.41, 5.74) is 3.39. The Balaban J connectivity index is 0.00000132. The Labute approximate surface area is 132 Å². The maximum absolute atomic E-state index is 12.8. The number of halogens is 1. The maximum atomic E-state index is 12.8. The predicted octanol–water partition coefficient (Wildman–Crippen LogP) is 3.34. The van der Waals surface area contributed by atoms with Crippen molar-refractivity contribution in [3.63, 3.8) is 0 Å².